The van der Waals surface area contributed by atoms with Crippen LogP contribution in [0.1, 0.15) is 25.7 Å². The van der Waals surface area contributed by atoms with Crippen molar-refractivity contribution in [3.05, 3.63) is 46.5 Å². The lowest BCUT2D eigenvalue weighted by Crippen LogP contribution is -2.07. The number of rotatable bonds is 3. The fourth-order valence-corrected chi connectivity index (χ4v) is 2.24. The highest BCUT2D eigenvalue weighted by atomic mass is 32.1. The van der Waals surface area contributed by atoms with Crippen LogP contribution in [0.15, 0.2) is 30.3 Å². The lowest BCUT2D eigenvalue weighted by molar-refractivity contribution is 0.0604. The Labute approximate surface area is 113 Å². The van der Waals surface area contributed by atoms with Gasteiger partial charge in [0.05, 0.1) is 18.4 Å². The summed E-state index contributed by atoms with van der Waals surface area (Å²) in [5.74, 6) is -0.997. The van der Waals surface area contributed by atoms with Gasteiger partial charge in [-0.05, 0) is 19.1 Å². The van der Waals surface area contributed by atoms with E-state index in [-0.39, 0.29) is 5.19 Å². The zero-order chi connectivity index (χ0) is 13.8. The number of carbonyl (C=O) groups excluding carboxylic acids is 2. The standard InChI is InChI=1S/C13H11NO4S/c1-8-10(12(16)17-2)19-13(14-8)18-11(15)9-6-4-3-5-7-9/h3-7H,1-2H3. The van der Waals surface area contributed by atoms with Crippen LogP contribution in [0.5, 0.6) is 5.19 Å². The zero-order valence-electron chi connectivity index (χ0n) is 10.4. The Morgan fingerprint density at radius 3 is 2.47 bits per heavy atom. The van der Waals surface area contributed by atoms with Crippen molar-refractivity contribution in [1.29, 1.82) is 0 Å². The molecule has 0 bridgehead atoms. The van der Waals surface area contributed by atoms with Crippen LogP contribution in [0.25, 0.3) is 0 Å². The fraction of sp³-hybridized carbons (Fsp3) is 0.154. The first kappa shape index (κ1) is 13.2. The van der Waals surface area contributed by atoms with Gasteiger partial charge in [-0.1, -0.05) is 29.5 Å². The number of nitrogens with zero attached hydrogens (tertiary/aromatic N) is 1. The Balaban J connectivity index is 2.16. The van der Waals surface area contributed by atoms with Crippen LogP contribution in [0.3, 0.4) is 0 Å². The third kappa shape index (κ3) is 2.97. The second-order valence-electron chi connectivity index (χ2n) is 3.64. The van der Waals surface area contributed by atoms with E-state index < -0.39 is 11.9 Å². The summed E-state index contributed by atoms with van der Waals surface area (Å²) >= 11 is 0.986. The quantitative estimate of drug-likeness (QED) is 0.806. The van der Waals surface area contributed by atoms with E-state index in [4.69, 9.17) is 4.74 Å². The molecule has 0 aliphatic rings. The highest BCUT2D eigenvalue weighted by Crippen LogP contribution is 2.25. The van der Waals surface area contributed by atoms with Gasteiger partial charge in [-0.3, -0.25) is 0 Å². The van der Waals surface area contributed by atoms with E-state index in [1.165, 1.54) is 7.11 Å². The summed E-state index contributed by atoms with van der Waals surface area (Å²) in [7, 11) is 1.29. The van der Waals surface area contributed by atoms with E-state index in [0.29, 0.717) is 16.1 Å². The third-order valence-corrected chi connectivity index (χ3v) is 3.35. The van der Waals surface area contributed by atoms with Gasteiger partial charge in [0.1, 0.15) is 4.88 Å². The average molecular weight is 277 g/mol. The Morgan fingerprint density at radius 1 is 1.16 bits per heavy atom. The summed E-state index contributed by atoms with van der Waals surface area (Å²) in [4.78, 5) is 27.6. The minimum Gasteiger partial charge on any atom is -0.465 e. The molecule has 0 N–H and O–H groups in total. The first-order chi connectivity index (χ1) is 9.11. The predicted octanol–water partition coefficient (Wildman–Crippen LogP) is 2.46. The molecule has 98 valence electrons. The van der Waals surface area contributed by atoms with Gasteiger partial charge in [-0.25, -0.2) is 14.6 Å². The van der Waals surface area contributed by atoms with Gasteiger partial charge in [-0.2, -0.15) is 0 Å². The van der Waals surface area contributed by atoms with Crippen LogP contribution in [0.2, 0.25) is 0 Å². The molecule has 0 saturated carbocycles. The molecule has 0 unspecified atom stereocenters. The molecule has 0 saturated heterocycles. The van der Waals surface area contributed by atoms with Crippen molar-refractivity contribution in [2.75, 3.05) is 7.11 Å². The summed E-state index contributed by atoms with van der Waals surface area (Å²) in [6, 6.07) is 8.57. The second-order valence-corrected chi connectivity index (χ2v) is 4.60. The molecule has 1 heterocycles. The summed E-state index contributed by atoms with van der Waals surface area (Å²) in [5, 5.41) is 0.131. The van der Waals surface area contributed by atoms with Gasteiger partial charge >= 0.3 is 11.9 Å². The van der Waals surface area contributed by atoms with Gasteiger partial charge in [0, 0.05) is 0 Å². The molecule has 1 aromatic heterocycles. The highest BCUT2D eigenvalue weighted by Gasteiger charge is 2.18. The van der Waals surface area contributed by atoms with Gasteiger partial charge in [0.25, 0.3) is 5.19 Å². The van der Waals surface area contributed by atoms with E-state index >= 15 is 0 Å². The predicted molar refractivity (Wildman–Crippen MR) is 69.6 cm³/mol. The van der Waals surface area contributed by atoms with Crippen LogP contribution >= 0.6 is 11.3 Å². The first-order valence-electron chi connectivity index (χ1n) is 5.45. The molecule has 0 aliphatic carbocycles. The first-order valence-corrected chi connectivity index (χ1v) is 6.26. The van der Waals surface area contributed by atoms with Gasteiger partial charge in [0.15, 0.2) is 0 Å². The molecule has 1 aromatic carbocycles. The number of carbonyl (C=O) groups is 2. The molecule has 0 spiro atoms. The molecule has 0 atom stereocenters. The fourth-order valence-electron chi connectivity index (χ4n) is 1.41. The Kier molecular flexibility index (Phi) is 3.91. The normalized spacial score (nSPS) is 10.0. The maximum absolute atomic E-state index is 11.8. The number of esters is 2. The van der Waals surface area contributed by atoms with Gasteiger partial charge < -0.3 is 9.47 Å². The molecular weight excluding hydrogens is 266 g/mol. The van der Waals surface area contributed by atoms with E-state index in [1.807, 2.05) is 0 Å². The minimum absolute atomic E-state index is 0.131. The van der Waals surface area contributed by atoms with Crippen LogP contribution in [0.4, 0.5) is 0 Å². The van der Waals surface area contributed by atoms with Crippen molar-refractivity contribution in [2.45, 2.75) is 6.92 Å². The molecular formula is C13H11NO4S. The van der Waals surface area contributed by atoms with Crippen LogP contribution < -0.4 is 4.74 Å². The summed E-state index contributed by atoms with van der Waals surface area (Å²) in [5.41, 5.74) is 0.905. The topological polar surface area (TPSA) is 65.5 Å². The van der Waals surface area contributed by atoms with Gasteiger partial charge in [-0.15, -0.1) is 0 Å². The molecule has 0 fully saturated rings. The Morgan fingerprint density at radius 2 is 1.84 bits per heavy atom. The smallest absolute Gasteiger partial charge is 0.350 e. The number of benzene rings is 1. The molecule has 19 heavy (non-hydrogen) atoms. The van der Waals surface area contributed by atoms with Gasteiger partial charge in [0.2, 0.25) is 0 Å². The van der Waals surface area contributed by atoms with Crippen molar-refractivity contribution in [3.63, 3.8) is 0 Å². The largest absolute Gasteiger partial charge is 0.465 e. The number of aryl methyl sites for hydroxylation is 1. The lowest BCUT2D eigenvalue weighted by atomic mass is 10.2. The van der Waals surface area contributed by atoms with E-state index in [9.17, 15) is 9.59 Å². The molecule has 2 rings (SSSR count). The molecule has 0 aliphatic heterocycles. The number of methoxy groups -OCH3 is 1. The average Bonchev–Trinajstić information content (AvgIpc) is 2.79. The van der Waals surface area contributed by atoms with Crippen molar-refractivity contribution >= 4 is 23.3 Å². The Bertz CT molecular complexity index is 606. The number of hydrogen-bond donors (Lipinski definition) is 0. The van der Waals surface area contributed by atoms with E-state index in [1.54, 1.807) is 37.3 Å². The highest BCUT2D eigenvalue weighted by molar-refractivity contribution is 7.15. The van der Waals surface area contributed by atoms with Crippen molar-refractivity contribution in [1.82, 2.24) is 4.98 Å². The Hall–Kier alpha value is -2.21. The molecule has 6 heteroatoms. The van der Waals surface area contributed by atoms with Crippen molar-refractivity contribution in [2.24, 2.45) is 0 Å². The number of thiazole rings is 1. The number of aromatic nitrogens is 1. The van der Waals surface area contributed by atoms with E-state index in [2.05, 4.69) is 9.72 Å². The van der Waals surface area contributed by atoms with Crippen LogP contribution in [-0.4, -0.2) is 24.0 Å². The van der Waals surface area contributed by atoms with Crippen molar-refractivity contribution < 1.29 is 19.1 Å². The number of hydrogen-bond acceptors (Lipinski definition) is 6. The molecule has 0 amide bonds. The van der Waals surface area contributed by atoms with E-state index in [0.717, 1.165) is 11.3 Å². The van der Waals surface area contributed by atoms with Crippen molar-refractivity contribution in [3.8, 4) is 5.19 Å². The zero-order valence-corrected chi connectivity index (χ0v) is 11.2. The van der Waals surface area contributed by atoms with Crippen LogP contribution in [0, 0.1) is 6.92 Å². The second kappa shape index (κ2) is 5.62. The number of ether oxygens (including phenoxy) is 2. The lowest BCUT2D eigenvalue weighted by Gasteiger charge is -1.99. The summed E-state index contributed by atoms with van der Waals surface area (Å²) in [6.07, 6.45) is 0. The molecule has 0 radical (unpaired) electrons. The third-order valence-electron chi connectivity index (χ3n) is 2.34. The molecule has 5 nitrogen and oxygen atoms in total. The maximum Gasteiger partial charge on any atom is 0.350 e. The monoisotopic (exact) mass is 277 g/mol. The summed E-state index contributed by atoms with van der Waals surface area (Å²) < 4.78 is 9.73. The SMILES string of the molecule is COC(=O)c1sc(OC(=O)c2ccccc2)nc1C. The molecule has 2 aromatic rings. The van der Waals surface area contributed by atoms with Crippen LogP contribution in [-0.2, 0) is 4.74 Å². The minimum atomic E-state index is -0.509. The maximum atomic E-state index is 11.8. The summed E-state index contributed by atoms with van der Waals surface area (Å²) in [6.45, 7) is 1.66.